The van der Waals surface area contributed by atoms with Crippen molar-refractivity contribution in [3.63, 3.8) is 0 Å². The van der Waals surface area contributed by atoms with Crippen molar-refractivity contribution in [1.82, 2.24) is 0 Å². The summed E-state index contributed by atoms with van der Waals surface area (Å²) in [5, 5.41) is 2.15. The van der Waals surface area contributed by atoms with Crippen LogP contribution in [0.1, 0.15) is 38.5 Å². The van der Waals surface area contributed by atoms with E-state index in [0.29, 0.717) is 37.0 Å². The first-order valence-electron chi connectivity index (χ1n) is 8.02. The Hall–Kier alpha value is -1.59. The standard InChI is InChI=1S/C17H17F4NO/c18-11-4-12(19)14(21)15(13(11)20)22-16(23)17-5-8-1-9(6-17)3-10(2-8)7-17/h4,8-10H,1-3,5-7H2,(H,22,23). The minimum Gasteiger partial charge on any atom is -0.321 e. The molecule has 0 unspecified atom stereocenters. The Labute approximate surface area is 131 Å². The van der Waals surface area contributed by atoms with Crippen LogP contribution in [-0.2, 0) is 4.79 Å². The zero-order valence-corrected chi connectivity index (χ0v) is 12.5. The summed E-state index contributed by atoms with van der Waals surface area (Å²) in [7, 11) is 0. The van der Waals surface area contributed by atoms with Gasteiger partial charge in [0, 0.05) is 6.07 Å². The molecule has 124 valence electrons. The number of anilines is 1. The largest absolute Gasteiger partial charge is 0.321 e. The third-order valence-corrected chi connectivity index (χ3v) is 5.87. The Morgan fingerprint density at radius 1 is 0.913 bits per heavy atom. The number of hydrogen-bond donors (Lipinski definition) is 1. The van der Waals surface area contributed by atoms with E-state index in [1.54, 1.807) is 0 Å². The van der Waals surface area contributed by atoms with Gasteiger partial charge < -0.3 is 5.32 Å². The second-order valence-electron chi connectivity index (χ2n) is 7.50. The molecule has 23 heavy (non-hydrogen) atoms. The molecule has 2 nitrogen and oxygen atoms in total. The molecule has 0 atom stereocenters. The van der Waals surface area contributed by atoms with Crippen molar-refractivity contribution in [1.29, 1.82) is 0 Å². The summed E-state index contributed by atoms with van der Waals surface area (Å²) >= 11 is 0. The van der Waals surface area contributed by atoms with E-state index in [0.717, 1.165) is 19.3 Å². The predicted octanol–water partition coefficient (Wildman–Crippen LogP) is 4.40. The highest BCUT2D eigenvalue weighted by Crippen LogP contribution is 2.60. The van der Waals surface area contributed by atoms with E-state index < -0.39 is 40.3 Å². The number of nitrogens with one attached hydrogen (secondary N) is 1. The molecule has 1 aromatic carbocycles. The monoisotopic (exact) mass is 327 g/mol. The van der Waals surface area contributed by atoms with Crippen LogP contribution < -0.4 is 5.32 Å². The molecule has 0 aromatic heterocycles. The van der Waals surface area contributed by atoms with Gasteiger partial charge in [0.15, 0.2) is 23.3 Å². The average molecular weight is 327 g/mol. The molecule has 1 N–H and O–H groups in total. The van der Waals surface area contributed by atoms with E-state index in [1.807, 2.05) is 0 Å². The smallest absolute Gasteiger partial charge is 0.230 e. The predicted molar refractivity (Wildman–Crippen MR) is 75.5 cm³/mol. The molecule has 0 saturated heterocycles. The Morgan fingerprint density at radius 2 is 1.35 bits per heavy atom. The molecule has 1 aromatic rings. The van der Waals surface area contributed by atoms with Gasteiger partial charge in [-0.25, -0.2) is 17.6 Å². The minimum atomic E-state index is -1.55. The van der Waals surface area contributed by atoms with Crippen LogP contribution in [0.15, 0.2) is 6.07 Å². The van der Waals surface area contributed by atoms with Gasteiger partial charge in [-0.15, -0.1) is 0 Å². The first-order chi connectivity index (χ1) is 10.9. The number of carbonyl (C=O) groups is 1. The van der Waals surface area contributed by atoms with Crippen LogP contribution in [-0.4, -0.2) is 5.91 Å². The number of rotatable bonds is 2. The average Bonchev–Trinajstić information content (AvgIpc) is 2.48. The van der Waals surface area contributed by atoms with Gasteiger partial charge in [0.2, 0.25) is 5.91 Å². The molecule has 6 heteroatoms. The van der Waals surface area contributed by atoms with E-state index in [-0.39, 0.29) is 6.07 Å². The third kappa shape index (κ3) is 2.25. The topological polar surface area (TPSA) is 29.1 Å². The summed E-state index contributed by atoms with van der Waals surface area (Å²) < 4.78 is 54.2. The maximum atomic E-state index is 13.8. The van der Waals surface area contributed by atoms with Crippen LogP contribution in [0.4, 0.5) is 23.2 Å². The highest BCUT2D eigenvalue weighted by Gasteiger charge is 2.54. The van der Waals surface area contributed by atoms with Crippen LogP contribution in [0, 0.1) is 46.4 Å². The number of halogens is 4. The molecule has 4 aliphatic rings. The molecular formula is C17H17F4NO. The van der Waals surface area contributed by atoms with Gasteiger partial charge in [0.25, 0.3) is 0 Å². The molecule has 1 amide bonds. The van der Waals surface area contributed by atoms with Crippen molar-refractivity contribution in [3.05, 3.63) is 29.3 Å². The highest BCUT2D eigenvalue weighted by atomic mass is 19.2. The molecule has 4 bridgehead atoms. The van der Waals surface area contributed by atoms with Gasteiger partial charge in [-0.1, -0.05) is 0 Å². The second-order valence-corrected chi connectivity index (χ2v) is 7.50. The van der Waals surface area contributed by atoms with Gasteiger partial charge >= 0.3 is 0 Å². The highest BCUT2D eigenvalue weighted by molar-refractivity contribution is 5.96. The lowest BCUT2D eigenvalue weighted by atomic mass is 9.49. The fourth-order valence-corrected chi connectivity index (χ4v) is 5.32. The summed E-state index contributed by atoms with van der Waals surface area (Å²) in [6.45, 7) is 0. The summed E-state index contributed by atoms with van der Waals surface area (Å²) in [5.74, 6) is -5.19. The summed E-state index contributed by atoms with van der Waals surface area (Å²) in [4.78, 5) is 12.7. The Morgan fingerprint density at radius 3 is 1.78 bits per heavy atom. The van der Waals surface area contributed by atoms with E-state index in [9.17, 15) is 22.4 Å². The van der Waals surface area contributed by atoms with Gasteiger partial charge in [0.1, 0.15) is 5.69 Å². The third-order valence-electron chi connectivity index (χ3n) is 5.87. The van der Waals surface area contributed by atoms with Crippen LogP contribution >= 0.6 is 0 Å². The summed E-state index contributed by atoms with van der Waals surface area (Å²) in [6, 6.07) is 0.144. The quantitative estimate of drug-likeness (QED) is 0.633. The zero-order chi connectivity index (χ0) is 16.4. The van der Waals surface area contributed by atoms with E-state index in [2.05, 4.69) is 5.32 Å². The zero-order valence-electron chi connectivity index (χ0n) is 12.5. The van der Waals surface area contributed by atoms with Crippen molar-refractivity contribution >= 4 is 11.6 Å². The Balaban J connectivity index is 1.64. The molecule has 4 fully saturated rings. The molecular weight excluding hydrogens is 310 g/mol. The van der Waals surface area contributed by atoms with Gasteiger partial charge in [0.05, 0.1) is 5.41 Å². The maximum Gasteiger partial charge on any atom is 0.230 e. The first kappa shape index (κ1) is 15.0. The van der Waals surface area contributed by atoms with E-state index in [1.165, 1.54) is 0 Å². The normalized spacial score (nSPS) is 34.7. The molecule has 4 saturated carbocycles. The number of carbonyl (C=O) groups excluding carboxylic acids is 1. The van der Waals surface area contributed by atoms with Crippen molar-refractivity contribution in [3.8, 4) is 0 Å². The van der Waals surface area contributed by atoms with Crippen molar-refractivity contribution < 1.29 is 22.4 Å². The molecule has 0 radical (unpaired) electrons. The number of hydrogen-bond acceptors (Lipinski definition) is 1. The lowest BCUT2D eigenvalue weighted by Crippen LogP contribution is -2.51. The Kier molecular flexibility index (Phi) is 3.22. The minimum absolute atomic E-state index is 0.144. The van der Waals surface area contributed by atoms with Gasteiger partial charge in [-0.2, -0.15) is 0 Å². The van der Waals surface area contributed by atoms with Crippen LogP contribution in [0.3, 0.4) is 0 Å². The van der Waals surface area contributed by atoms with Crippen LogP contribution in [0.5, 0.6) is 0 Å². The van der Waals surface area contributed by atoms with Crippen LogP contribution in [0.25, 0.3) is 0 Å². The SMILES string of the molecule is O=C(Nc1c(F)c(F)cc(F)c1F)C12CC3CC(CC(C3)C1)C2. The van der Waals surface area contributed by atoms with Crippen molar-refractivity contribution in [2.24, 2.45) is 23.2 Å². The number of benzene rings is 1. The van der Waals surface area contributed by atoms with Crippen LogP contribution in [0.2, 0.25) is 0 Å². The lowest BCUT2D eigenvalue weighted by molar-refractivity contribution is -0.140. The summed E-state index contributed by atoms with van der Waals surface area (Å²) in [6.07, 6.45) is 5.45. The second kappa shape index (κ2) is 4.95. The lowest BCUT2D eigenvalue weighted by Gasteiger charge is -2.55. The van der Waals surface area contributed by atoms with Crippen molar-refractivity contribution in [2.45, 2.75) is 38.5 Å². The molecule has 0 heterocycles. The molecule has 0 aliphatic heterocycles. The summed E-state index contributed by atoms with van der Waals surface area (Å²) in [5.41, 5.74) is -1.65. The van der Waals surface area contributed by atoms with Crippen molar-refractivity contribution in [2.75, 3.05) is 5.32 Å². The molecule has 5 rings (SSSR count). The fourth-order valence-electron chi connectivity index (χ4n) is 5.32. The van der Waals surface area contributed by atoms with Gasteiger partial charge in [-0.05, 0) is 56.3 Å². The Bertz CT molecular complexity index is 626. The molecule has 4 aliphatic carbocycles. The van der Waals surface area contributed by atoms with E-state index in [4.69, 9.17) is 0 Å². The fraction of sp³-hybridized carbons (Fsp3) is 0.588. The van der Waals surface area contributed by atoms with Gasteiger partial charge in [-0.3, -0.25) is 4.79 Å². The van der Waals surface area contributed by atoms with E-state index >= 15 is 0 Å². The maximum absolute atomic E-state index is 13.8. The molecule has 0 spiro atoms. The first-order valence-corrected chi connectivity index (χ1v) is 8.02. The number of amides is 1.